The van der Waals surface area contributed by atoms with Crippen LogP contribution in [-0.2, 0) is 4.79 Å². The van der Waals surface area contributed by atoms with Crippen molar-refractivity contribution in [3.8, 4) is 11.3 Å². The number of benzene rings is 1. The Hall–Kier alpha value is -2.93. The lowest BCUT2D eigenvalue weighted by Gasteiger charge is -2.41. The van der Waals surface area contributed by atoms with Crippen LogP contribution < -0.4 is 0 Å². The average molecular weight is 411 g/mol. The molecule has 1 aliphatic carbocycles. The van der Waals surface area contributed by atoms with Gasteiger partial charge in [-0.15, -0.1) is 0 Å². The van der Waals surface area contributed by atoms with Gasteiger partial charge in [0.2, 0.25) is 5.79 Å². The van der Waals surface area contributed by atoms with Crippen LogP contribution in [0, 0.1) is 5.92 Å². The second kappa shape index (κ2) is 8.44. The molecule has 2 aliphatic rings. The molecule has 1 unspecified atom stereocenters. The summed E-state index contributed by atoms with van der Waals surface area (Å²) in [4.78, 5) is 21.1. The van der Waals surface area contributed by atoms with E-state index in [-0.39, 0.29) is 18.8 Å². The summed E-state index contributed by atoms with van der Waals surface area (Å²) < 4.78 is 30.5. The number of piperidine rings is 1. The lowest BCUT2D eigenvalue weighted by Crippen LogP contribution is -2.50. The van der Waals surface area contributed by atoms with Crippen LogP contribution in [0.1, 0.15) is 31.4 Å². The van der Waals surface area contributed by atoms with E-state index in [0.717, 1.165) is 5.56 Å². The van der Waals surface area contributed by atoms with Gasteiger partial charge >= 0.3 is 5.97 Å². The minimum atomic E-state index is -2.19. The summed E-state index contributed by atoms with van der Waals surface area (Å²) in [5, 5.41) is 8.93. The van der Waals surface area contributed by atoms with Gasteiger partial charge in [0.15, 0.2) is 5.83 Å². The summed E-state index contributed by atoms with van der Waals surface area (Å²) >= 11 is 0. The Labute approximate surface area is 173 Å². The number of aliphatic carboxylic acids is 1. The van der Waals surface area contributed by atoms with Crippen molar-refractivity contribution in [3.63, 3.8) is 0 Å². The lowest BCUT2D eigenvalue weighted by atomic mass is 9.89. The molecule has 30 heavy (non-hydrogen) atoms. The van der Waals surface area contributed by atoms with Gasteiger partial charge in [-0.3, -0.25) is 14.7 Å². The van der Waals surface area contributed by atoms with E-state index < -0.39 is 17.6 Å². The highest BCUT2D eigenvalue weighted by Gasteiger charge is 2.44. The highest BCUT2D eigenvalue weighted by Crippen LogP contribution is 2.40. The zero-order valence-corrected chi connectivity index (χ0v) is 16.5. The van der Waals surface area contributed by atoms with E-state index in [1.165, 1.54) is 11.0 Å². The highest BCUT2D eigenvalue weighted by molar-refractivity contribution is 5.75. The molecular weight excluding hydrogens is 388 g/mol. The molecule has 0 bridgehead atoms. The number of halogens is 2. The molecule has 1 N–H and O–H groups in total. The molecule has 0 spiro atoms. The monoisotopic (exact) mass is 411 g/mol. The molecule has 1 fully saturated rings. The molecular formula is C23H23F2N3O2. The van der Waals surface area contributed by atoms with Crippen molar-refractivity contribution in [2.24, 2.45) is 5.92 Å². The molecule has 5 nitrogen and oxygen atoms in total. The minimum absolute atomic E-state index is 0.0140. The molecule has 4 rings (SSSR count). The van der Waals surface area contributed by atoms with Gasteiger partial charge in [-0.05, 0) is 24.8 Å². The van der Waals surface area contributed by atoms with E-state index >= 15 is 4.39 Å². The molecule has 2 heterocycles. The summed E-state index contributed by atoms with van der Waals surface area (Å²) in [6.45, 7) is 0.671. The van der Waals surface area contributed by atoms with Crippen LogP contribution >= 0.6 is 0 Å². The summed E-state index contributed by atoms with van der Waals surface area (Å²) in [6.07, 6.45) is 7.10. The Morgan fingerprint density at radius 3 is 2.53 bits per heavy atom. The number of alkyl halides is 1. The first-order valence-corrected chi connectivity index (χ1v) is 10.1. The molecule has 1 aromatic heterocycles. The Bertz CT molecular complexity index is 985. The van der Waals surface area contributed by atoms with E-state index in [2.05, 4.69) is 9.97 Å². The van der Waals surface area contributed by atoms with Gasteiger partial charge in [0.1, 0.15) is 0 Å². The van der Waals surface area contributed by atoms with E-state index in [1.807, 2.05) is 30.3 Å². The number of likely N-dealkylation sites (tertiary alicyclic amines) is 1. The number of carboxylic acid groups (broad SMARTS) is 1. The van der Waals surface area contributed by atoms with Crippen molar-refractivity contribution in [3.05, 3.63) is 66.4 Å². The van der Waals surface area contributed by atoms with Gasteiger partial charge < -0.3 is 5.11 Å². The maximum absolute atomic E-state index is 15.6. The Balaban J connectivity index is 1.49. The van der Waals surface area contributed by atoms with E-state index in [1.54, 1.807) is 18.5 Å². The molecule has 1 saturated heterocycles. The zero-order chi connectivity index (χ0) is 21.1. The van der Waals surface area contributed by atoms with Crippen molar-refractivity contribution >= 4 is 11.5 Å². The Morgan fingerprint density at radius 1 is 1.17 bits per heavy atom. The molecule has 0 radical (unpaired) electrons. The zero-order valence-electron chi connectivity index (χ0n) is 16.5. The third-order valence-corrected chi connectivity index (χ3v) is 5.82. The minimum Gasteiger partial charge on any atom is -0.481 e. The summed E-state index contributed by atoms with van der Waals surface area (Å²) in [5.74, 6) is -3.87. The maximum atomic E-state index is 15.6. The third-order valence-electron chi connectivity index (χ3n) is 5.82. The summed E-state index contributed by atoms with van der Waals surface area (Å²) in [6, 6.07) is 9.55. The van der Waals surface area contributed by atoms with Crippen LogP contribution in [0.4, 0.5) is 8.78 Å². The van der Waals surface area contributed by atoms with E-state index in [0.29, 0.717) is 42.9 Å². The first kappa shape index (κ1) is 20.3. The molecule has 156 valence electrons. The van der Waals surface area contributed by atoms with Gasteiger partial charge in [0.25, 0.3) is 0 Å². The largest absolute Gasteiger partial charge is 0.481 e. The van der Waals surface area contributed by atoms with Crippen LogP contribution in [-0.4, -0.2) is 44.8 Å². The van der Waals surface area contributed by atoms with Crippen molar-refractivity contribution in [1.29, 1.82) is 0 Å². The van der Waals surface area contributed by atoms with Crippen molar-refractivity contribution in [1.82, 2.24) is 14.9 Å². The highest BCUT2D eigenvalue weighted by atomic mass is 19.2. The van der Waals surface area contributed by atoms with Crippen LogP contribution in [0.5, 0.6) is 0 Å². The number of nitrogens with zero attached hydrogens (tertiary/aromatic N) is 3. The van der Waals surface area contributed by atoms with Crippen molar-refractivity contribution < 1.29 is 18.7 Å². The third kappa shape index (κ3) is 4.16. The fraction of sp³-hybridized carbons (Fsp3) is 0.348. The van der Waals surface area contributed by atoms with Gasteiger partial charge in [0.05, 0.1) is 23.8 Å². The summed E-state index contributed by atoms with van der Waals surface area (Å²) in [7, 11) is 0. The molecule has 7 heteroatoms. The lowest BCUT2D eigenvalue weighted by molar-refractivity contribution is -0.138. The normalized spacial score (nSPS) is 23.0. The number of carboxylic acids is 1. The summed E-state index contributed by atoms with van der Waals surface area (Å²) in [5.41, 5.74) is 2.57. The number of carbonyl (C=O) groups is 1. The van der Waals surface area contributed by atoms with Crippen molar-refractivity contribution in [2.45, 2.75) is 31.5 Å². The first-order chi connectivity index (χ1) is 14.5. The number of hydrogen-bond acceptors (Lipinski definition) is 4. The first-order valence-electron chi connectivity index (χ1n) is 10.1. The van der Waals surface area contributed by atoms with Gasteiger partial charge in [-0.2, -0.15) is 0 Å². The van der Waals surface area contributed by atoms with Crippen molar-refractivity contribution in [2.75, 3.05) is 13.1 Å². The van der Waals surface area contributed by atoms with Gasteiger partial charge in [-0.25, -0.2) is 13.8 Å². The van der Waals surface area contributed by atoms with Crippen LogP contribution in [0.25, 0.3) is 16.8 Å². The maximum Gasteiger partial charge on any atom is 0.303 e. The standard InChI is InChI=1S/C23H23F2N3O2/c24-21-13-18(20-15-26-14-19(27-20)17-4-2-1-3-5-17)6-9-23(21,25)28-10-7-16(8-11-28)12-22(29)30/h1-6,13-16H,7-12H2,(H,29,30). The van der Waals surface area contributed by atoms with Gasteiger partial charge in [-0.1, -0.05) is 36.4 Å². The topological polar surface area (TPSA) is 66.3 Å². The predicted molar refractivity (Wildman–Crippen MR) is 110 cm³/mol. The molecule has 0 saturated carbocycles. The Kier molecular flexibility index (Phi) is 5.72. The fourth-order valence-corrected chi connectivity index (χ4v) is 4.10. The fourth-order valence-electron chi connectivity index (χ4n) is 4.10. The number of aromatic nitrogens is 2. The molecule has 1 aromatic carbocycles. The number of hydrogen-bond donors (Lipinski definition) is 1. The molecule has 0 amide bonds. The molecule has 2 aromatic rings. The van der Waals surface area contributed by atoms with E-state index in [4.69, 9.17) is 5.11 Å². The Morgan fingerprint density at radius 2 is 1.87 bits per heavy atom. The van der Waals surface area contributed by atoms with Gasteiger partial charge in [0, 0.05) is 37.1 Å². The SMILES string of the molecule is O=C(O)CC1CCN(C2(F)CC=C(c3cncc(-c4ccccc4)n3)C=C2F)CC1. The second-order valence-corrected chi connectivity index (χ2v) is 7.80. The number of rotatable bonds is 5. The number of allylic oxidation sites excluding steroid dienone is 2. The van der Waals surface area contributed by atoms with Crippen LogP contribution in [0.3, 0.4) is 0 Å². The average Bonchev–Trinajstić information content (AvgIpc) is 2.76. The second-order valence-electron chi connectivity index (χ2n) is 7.80. The van der Waals surface area contributed by atoms with E-state index in [9.17, 15) is 9.18 Å². The van der Waals surface area contributed by atoms with Crippen LogP contribution in [0.2, 0.25) is 0 Å². The smallest absolute Gasteiger partial charge is 0.303 e. The predicted octanol–water partition coefficient (Wildman–Crippen LogP) is 4.64. The van der Waals surface area contributed by atoms with Crippen LogP contribution in [0.15, 0.2) is 60.7 Å². The molecule has 1 aliphatic heterocycles. The molecule has 1 atom stereocenters. The quantitative estimate of drug-likeness (QED) is 0.727.